The quantitative estimate of drug-likeness (QED) is 0.673. The average Bonchev–Trinajstić information content (AvgIpc) is 2.74. The number of carbonyl (C=O) groups is 1. The smallest absolute Gasteiger partial charge is 0.223 e. The Morgan fingerprint density at radius 2 is 1.82 bits per heavy atom. The number of benzene rings is 2. The number of fused-ring (bicyclic) bond motifs is 1. The van der Waals surface area contributed by atoms with Crippen LogP contribution in [0.4, 0.5) is 0 Å². The van der Waals surface area contributed by atoms with Gasteiger partial charge in [0.2, 0.25) is 5.91 Å². The lowest BCUT2D eigenvalue weighted by atomic mass is 9.87. The van der Waals surface area contributed by atoms with Gasteiger partial charge in [-0.15, -0.1) is 0 Å². The molecule has 1 fully saturated rings. The average molecular weight is 374 g/mol. The van der Waals surface area contributed by atoms with Crippen molar-refractivity contribution in [3.63, 3.8) is 0 Å². The number of aromatic nitrogens is 1. The third-order valence-electron chi connectivity index (χ3n) is 5.76. The third-order valence-corrected chi connectivity index (χ3v) is 5.76. The first kappa shape index (κ1) is 18.5. The molecule has 1 aromatic heterocycles. The van der Waals surface area contributed by atoms with E-state index in [0.717, 1.165) is 42.2 Å². The van der Waals surface area contributed by atoms with E-state index in [1.165, 1.54) is 6.42 Å². The van der Waals surface area contributed by atoms with E-state index in [9.17, 15) is 9.90 Å². The number of pyridine rings is 1. The highest BCUT2D eigenvalue weighted by atomic mass is 16.3. The van der Waals surface area contributed by atoms with Gasteiger partial charge in [0.25, 0.3) is 0 Å². The molecule has 0 aliphatic heterocycles. The molecule has 144 valence electrons. The molecule has 2 N–H and O–H groups in total. The van der Waals surface area contributed by atoms with Gasteiger partial charge >= 0.3 is 0 Å². The van der Waals surface area contributed by atoms with E-state index in [2.05, 4.69) is 10.3 Å². The highest BCUT2D eigenvalue weighted by Gasteiger charge is 2.26. The molecule has 0 bridgehead atoms. The van der Waals surface area contributed by atoms with Crippen LogP contribution >= 0.6 is 0 Å². The minimum Gasteiger partial charge on any atom is -0.505 e. The van der Waals surface area contributed by atoms with Crippen molar-refractivity contribution in [2.24, 2.45) is 5.92 Å². The number of aryl methyl sites for hydroxylation is 1. The zero-order valence-corrected chi connectivity index (χ0v) is 16.2. The Hall–Kier alpha value is -2.88. The first-order valence-corrected chi connectivity index (χ1v) is 10.1. The topological polar surface area (TPSA) is 62.2 Å². The summed E-state index contributed by atoms with van der Waals surface area (Å²) in [5.74, 6) is 0.265. The second-order valence-electron chi connectivity index (χ2n) is 7.77. The largest absolute Gasteiger partial charge is 0.505 e. The second kappa shape index (κ2) is 8.01. The summed E-state index contributed by atoms with van der Waals surface area (Å²) in [6.07, 6.45) is 6.99. The molecule has 0 saturated heterocycles. The van der Waals surface area contributed by atoms with Crippen LogP contribution in [0.3, 0.4) is 0 Å². The molecule has 0 radical (unpaired) electrons. The Labute approximate surface area is 165 Å². The lowest BCUT2D eigenvalue weighted by Crippen LogP contribution is -2.35. The molecule has 4 rings (SSSR count). The summed E-state index contributed by atoms with van der Waals surface area (Å²) in [6, 6.07) is 15.3. The summed E-state index contributed by atoms with van der Waals surface area (Å²) >= 11 is 0. The number of rotatable bonds is 4. The van der Waals surface area contributed by atoms with Gasteiger partial charge < -0.3 is 10.4 Å². The molecule has 1 aliphatic carbocycles. The van der Waals surface area contributed by atoms with Gasteiger partial charge in [0.1, 0.15) is 11.3 Å². The number of nitrogens with zero attached hydrogens (tertiary/aromatic N) is 1. The summed E-state index contributed by atoms with van der Waals surface area (Å²) in [6.45, 7) is 2.04. The minimum atomic E-state index is -0.401. The fraction of sp³-hybridized carbons (Fsp3) is 0.333. The molecular formula is C24H26N2O2. The van der Waals surface area contributed by atoms with Crippen molar-refractivity contribution in [1.29, 1.82) is 0 Å². The van der Waals surface area contributed by atoms with E-state index >= 15 is 0 Å². The number of amides is 1. The summed E-state index contributed by atoms with van der Waals surface area (Å²) in [5.41, 5.74) is 3.36. The number of phenolic OH excluding ortho intramolecular Hbond substituents is 1. The van der Waals surface area contributed by atoms with Gasteiger partial charge in [0, 0.05) is 23.1 Å². The summed E-state index contributed by atoms with van der Waals surface area (Å²) in [4.78, 5) is 17.3. The maximum atomic E-state index is 13.0. The number of aromatic hydroxyl groups is 1. The van der Waals surface area contributed by atoms with Crippen LogP contribution in [0.1, 0.15) is 54.8 Å². The molecule has 1 aliphatic rings. The number of phenols is 1. The molecule has 4 heteroatoms. The Morgan fingerprint density at radius 3 is 2.57 bits per heavy atom. The maximum Gasteiger partial charge on any atom is 0.223 e. The van der Waals surface area contributed by atoms with Gasteiger partial charge in [0.05, 0.1) is 6.04 Å². The number of hydrogen-bond donors (Lipinski definition) is 2. The zero-order chi connectivity index (χ0) is 19.5. The van der Waals surface area contributed by atoms with Crippen molar-refractivity contribution >= 4 is 16.8 Å². The van der Waals surface area contributed by atoms with Gasteiger partial charge in [-0.25, -0.2) is 0 Å². The molecule has 1 amide bonds. The van der Waals surface area contributed by atoms with Crippen LogP contribution in [0, 0.1) is 12.8 Å². The Morgan fingerprint density at radius 1 is 1.07 bits per heavy atom. The van der Waals surface area contributed by atoms with Crippen molar-refractivity contribution in [3.8, 4) is 5.75 Å². The van der Waals surface area contributed by atoms with Crippen molar-refractivity contribution < 1.29 is 9.90 Å². The number of nitrogens with one attached hydrogen (secondary N) is 1. The van der Waals surface area contributed by atoms with E-state index < -0.39 is 6.04 Å². The third kappa shape index (κ3) is 3.72. The zero-order valence-electron chi connectivity index (χ0n) is 16.2. The normalized spacial score (nSPS) is 16.0. The second-order valence-corrected chi connectivity index (χ2v) is 7.77. The van der Waals surface area contributed by atoms with E-state index in [-0.39, 0.29) is 17.6 Å². The van der Waals surface area contributed by atoms with E-state index in [0.29, 0.717) is 11.1 Å². The van der Waals surface area contributed by atoms with Gasteiger partial charge in [-0.05, 0) is 31.4 Å². The molecule has 28 heavy (non-hydrogen) atoms. The van der Waals surface area contributed by atoms with Gasteiger partial charge in [0.15, 0.2) is 0 Å². The highest BCUT2D eigenvalue weighted by molar-refractivity contribution is 5.86. The van der Waals surface area contributed by atoms with Crippen LogP contribution in [0.25, 0.3) is 10.9 Å². The molecule has 4 nitrogen and oxygen atoms in total. The van der Waals surface area contributed by atoms with Gasteiger partial charge in [-0.1, -0.05) is 67.3 Å². The van der Waals surface area contributed by atoms with Crippen LogP contribution < -0.4 is 5.32 Å². The molecule has 1 saturated carbocycles. The van der Waals surface area contributed by atoms with E-state index in [4.69, 9.17) is 0 Å². The van der Waals surface area contributed by atoms with Crippen LogP contribution in [-0.2, 0) is 4.79 Å². The maximum absolute atomic E-state index is 13.0. The first-order chi connectivity index (χ1) is 13.6. The summed E-state index contributed by atoms with van der Waals surface area (Å²) < 4.78 is 0. The first-order valence-electron chi connectivity index (χ1n) is 10.1. The molecule has 0 spiro atoms. The van der Waals surface area contributed by atoms with E-state index in [1.807, 2.05) is 55.5 Å². The molecule has 1 atom stereocenters. The monoisotopic (exact) mass is 374 g/mol. The minimum absolute atomic E-state index is 0.0578. The Bertz CT molecular complexity index is 976. The van der Waals surface area contributed by atoms with Gasteiger partial charge in [-0.2, -0.15) is 0 Å². The fourth-order valence-corrected chi connectivity index (χ4v) is 4.10. The summed E-state index contributed by atoms with van der Waals surface area (Å²) in [7, 11) is 0. The van der Waals surface area contributed by atoms with Crippen molar-refractivity contribution in [1.82, 2.24) is 10.3 Å². The van der Waals surface area contributed by atoms with Crippen molar-refractivity contribution in [2.45, 2.75) is 45.1 Å². The van der Waals surface area contributed by atoms with Crippen molar-refractivity contribution in [3.05, 3.63) is 71.4 Å². The van der Waals surface area contributed by atoms with Crippen LogP contribution in [0.5, 0.6) is 5.75 Å². The molecule has 2 aromatic carbocycles. The lowest BCUT2D eigenvalue weighted by Gasteiger charge is -2.26. The SMILES string of the molecule is Cc1ccc([C@@H](NC(=O)C2CCCCC2)c2ccc3cccnc3c2O)cc1. The predicted molar refractivity (Wildman–Crippen MR) is 111 cm³/mol. The molecule has 3 aromatic rings. The Kier molecular flexibility index (Phi) is 5.29. The molecule has 1 heterocycles. The Balaban J connectivity index is 1.73. The van der Waals surface area contributed by atoms with Crippen LogP contribution in [-0.4, -0.2) is 16.0 Å². The standard InChI is InChI=1S/C24H26N2O2/c1-16-9-11-18(12-10-16)21(26-24(28)19-6-3-2-4-7-19)20-14-13-17-8-5-15-25-22(17)23(20)27/h5,8-15,19,21,27H,2-4,6-7H2,1H3,(H,26,28)/t21-/m1/s1. The molecule has 0 unspecified atom stereocenters. The van der Waals surface area contributed by atoms with E-state index in [1.54, 1.807) is 6.20 Å². The predicted octanol–water partition coefficient (Wildman–Crippen LogP) is 5.03. The van der Waals surface area contributed by atoms with Gasteiger partial charge in [-0.3, -0.25) is 9.78 Å². The number of carbonyl (C=O) groups excluding carboxylic acids is 1. The summed E-state index contributed by atoms with van der Waals surface area (Å²) in [5, 5.41) is 15.0. The fourth-order valence-electron chi connectivity index (χ4n) is 4.10. The van der Waals surface area contributed by atoms with Crippen LogP contribution in [0.15, 0.2) is 54.7 Å². The lowest BCUT2D eigenvalue weighted by molar-refractivity contribution is -0.126. The number of hydrogen-bond acceptors (Lipinski definition) is 3. The molecular weight excluding hydrogens is 348 g/mol. The van der Waals surface area contributed by atoms with Crippen molar-refractivity contribution in [2.75, 3.05) is 0 Å². The highest BCUT2D eigenvalue weighted by Crippen LogP contribution is 2.35. The van der Waals surface area contributed by atoms with Crippen LogP contribution in [0.2, 0.25) is 0 Å².